The number of likely N-dealkylation sites (N-methyl/N-ethyl adjacent to an activating group) is 1. The Morgan fingerprint density at radius 1 is 1.26 bits per heavy atom. The molecule has 0 aliphatic carbocycles. The highest BCUT2D eigenvalue weighted by molar-refractivity contribution is 9.10. The van der Waals surface area contributed by atoms with Crippen molar-refractivity contribution in [3.63, 3.8) is 0 Å². The summed E-state index contributed by atoms with van der Waals surface area (Å²) < 4.78 is 27.7. The van der Waals surface area contributed by atoms with E-state index in [1.165, 1.54) is 6.07 Å². The van der Waals surface area contributed by atoms with Crippen molar-refractivity contribution in [3.8, 4) is 0 Å². The van der Waals surface area contributed by atoms with Gasteiger partial charge in [0.2, 0.25) is 0 Å². The first-order valence-corrected chi connectivity index (χ1v) is 6.62. The molecule has 0 bridgehead atoms. The molecule has 0 radical (unpaired) electrons. The van der Waals surface area contributed by atoms with E-state index in [-0.39, 0.29) is 6.04 Å². The Kier molecular flexibility index (Phi) is 4.61. The van der Waals surface area contributed by atoms with E-state index in [1.54, 1.807) is 19.3 Å². The maximum Gasteiger partial charge on any atom is 0.162 e. The van der Waals surface area contributed by atoms with Gasteiger partial charge in [0, 0.05) is 10.7 Å². The molecule has 1 heterocycles. The van der Waals surface area contributed by atoms with Gasteiger partial charge in [-0.1, -0.05) is 12.1 Å². The van der Waals surface area contributed by atoms with E-state index in [1.807, 2.05) is 12.1 Å². The van der Waals surface area contributed by atoms with Crippen molar-refractivity contribution in [2.75, 3.05) is 7.05 Å². The molecular weight excluding hydrogens is 314 g/mol. The number of nitrogens with zero attached hydrogens (tertiary/aromatic N) is 1. The van der Waals surface area contributed by atoms with E-state index in [9.17, 15) is 8.78 Å². The Balaban J connectivity index is 2.24. The minimum Gasteiger partial charge on any atom is -0.311 e. The normalized spacial score (nSPS) is 12.4. The monoisotopic (exact) mass is 326 g/mol. The summed E-state index contributed by atoms with van der Waals surface area (Å²) in [7, 11) is 1.77. The van der Waals surface area contributed by atoms with Crippen molar-refractivity contribution in [3.05, 3.63) is 63.9 Å². The molecule has 0 spiro atoms. The quantitative estimate of drug-likeness (QED) is 0.928. The molecule has 0 saturated carbocycles. The average molecular weight is 327 g/mol. The van der Waals surface area contributed by atoms with Crippen LogP contribution in [-0.4, -0.2) is 12.0 Å². The fourth-order valence-electron chi connectivity index (χ4n) is 1.87. The summed E-state index contributed by atoms with van der Waals surface area (Å²) in [5, 5.41) is 3.07. The van der Waals surface area contributed by atoms with Crippen LogP contribution >= 0.6 is 15.9 Å². The number of aromatic nitrogens is 1. The summed E-state index contributed by atoms with van der Waals surface area (Å²) >= 11 is 3.31. The lowest BCUT2D eigenvalue weighted by molar-refractivity contribution is 0.485. The first-order chi connectivity index (χ1) is 9.11. The average Bonchev–Trinajstić information content (AvgIpc) is 2.42. The summed E-state index contributed by atoms with van der Waals surface area (Å²) in [5.41, 5.74) is 1.12. The third kappa shape index (κ3) is 3.36. The molecule has 0 aliphatic heterocycles. The Hall–Kier alpha value is -1.33. The SMILES string of the molecule is CNC(Cc1cccc(F)c1F)c1ccc(Br)cn1. The lowest BCUT2D eigenvalue weighted by Crippen LogP contribution is -2.20. The number of rotatable bonds is 4. The minimum absolute atomic E-state index is 0.163. The molecular formula is C14H13BrF2N2. The molecule has 0 aliphatic rings. The lowest BCUT2D eigenvalue weighted by atomic mass is 10.0. The fourth-order valence-corrected chi connectivity index (χ4v) is 2.11. The molecule has 0 amide bonds. The minimum atomic E-state index is -0.823. The van der Waals surface area contributed by atoms with Crippen LogP contribution in [-0.2, 0) is 6.42 Å². The van der Waals surface area contributed by atoms with Gasteiger partial charge in [0.25, 0.3) is 0 Å². The maximum atomic E-state index is 13.6. The number of pyridine rings is 1. The van der Waals surface area contributed by atoms with Crippen LogP contribution in [0.4, 0.5) is 8.78 Å². The van der Waals surface area contributed by atoms with Gasteiger partial charge in [0.15, 0.2) is 11.6 Å². The first kappa shape index (κ1) is 14.1. The fraction of sp³-hybridized carbons (Fsp3) is 0.214. The van der Waals surface area contributed by atoms with E-state index in [4.69, 9.17) is 0 Å². The van der Waals surface area contributed by atoms with Crippen LogP contribution in [0.1, 0.15) is 17.3 Å². The highest BCUT2D eigenvalue weighted by Gasteiger charge is 2.15. The van der Waals surface area contributed by atoms with Gasteiger partial charge in [-0.05, 0) is 53.2 Å². The van der Waals surface area contributed by atoms with Crippen LogP contribution in [0.3, 0.4) is 0 Å². The molecule has 2 rings (SSSR count). The summed E-state index contributed by atoms with van der Waals surface area (Å²) in [4.78, 5) is 4.27. The van der Waals surface area contributed by atoms with Gasteiger partial charge in [-0.15, -0.1) is 0 Å². The number of hydrogen-bond donors (Lipinski definition) is 1. The van der Waals surface area contributed by atoms with E-state index < -0.39 is 11.6 Å². The van der Waals surface area contributed by atoms with Crippen molar-refractivity contribution in [2.24, 2.45) is 0 Å². The summed E-state index contributed by atoms with van der Waals surface area (Å²) in [6.45, 7) is 0. The Morgan fingerprint density at radius 3 is 2.68 bits per heavy atom. The molecule has 2 nitrogen and oxygen atoms in total. The number of halogens is 3. The summed E-state index contributed by atoms with van der Waals surface area (Å²) in [5.74, 6) is -1.61. The van der Waals surface area contributed by atoms with Crippen LogP contribution in [0.2, 0.25) is 0 Å². The van der Waals surface area contributed by atoms with Gasteiger partial charge in [-0.3, -0.25) is 4.98 Å². The Morgan fingerprint density at radius 2 is 2.05 bits per heavy atom. The summed E-state index contributed by atoms with van der Waals surface area (Å²) in [6, 6.07) is 7.77. The lowest BCUT2D eigenvalue weighted by Gasteiger charge is -2.16. The highest BCUT2D eigenvalue weighted by Crippen LogP contribution is 2.21. The largest absolute Gasteiger partial charge is 0.311 e. The second-order valence-electron chi connectivity index (χ2n) is 4.16. The smallest absolute Gasteiger partial charge is 0.162 e. The molecule has 19 heavy (non-hydrogen) atoms. The van der Waals surface area contributed by atoms with Crippen LogP contribution in [0, 0.1) is 11.6 Å². The Bertz CT molecular complexity index is 558. The Labute approximate surface area is 119 Å². The van der Waals surface area contributed by atoms with E-state index in [2.05, 4.69) is 26.2 Å². The number of nitrogens with one attached hydrogen (secondary N) is 1. The van der Waals surface area contributed by atoms with Crippen molar-refractivity contribution in [1.29, 1.82) is 0 Å². The van der Waals surface area contributed by atoms with Crippen LogP contribution in [0.5, 0.6) is 0 Å². The standard InChI is InChI=1S/C14H13BrF2N2/c1-18-13(12-6-5-10(15)8-19-12)7-9-3-2-4-11(16)14(9)17/h2-6,8,13,18H,7H2,1H3. The predicted octanol–water partition coefficient (Wildman–Crippen LogP) is 3.63. The van der Waals surface area contributed by atoms with Crippen molar-refractivity contribution in [1.82, 2.24) is 10.3 Å². The zero-order valence-electron chi connectivity index (χ0n) is 10.3. The topological polar surface area (TPSA) is 24.9 Å². The van der Waals surface area contributed by atoms with Gasteiger partial charge in [-0.2, -0.15) is 0 Å². The van der Waals surface area contributed by atoms with Crippen LogP contribution < -0.4 is 5.32 Å². The second kappa shape index (κ2) is 6.21. The number of hydrogen-bond acceptors (Lipinski definition) is 2. The third-order valence-electron chi connectivity index (χ3n) is 2.91. The van der Waals surface area contributed by atoms with Crippen LogP contribution in [0.15, 0.2) is 41.0 Å². The molecule has 1 unspecified atom stereocenters. The molecule has 5 heteroatoms. The second-order valence-corrected chi connectivity index (χ2v) is 5.08. The first-order valence-electron chi connectivity index (χ1n) is 5.83. The van der Waals surface area contributed by atoms with Gasteiger partial charge in [0.05, 0.1) is 11.7 Å². The molecule has 0 saturated heterocycles. The van der Waals surface area contributed by atoms with E-state index in [0.717, 1.165) is 16.2 Å². The van der Waals surface area contributed by atoms with E-state index >= 15 is 0 Å². The molecule has 1 atom stereocenters. The molecule has 0 fully saturated rings. The zero-order chi connectivity index (χ0) is 13.8. The predicted molar refractivity (Wildman–Crippen MR) is 73.8 cm³/mol. The highest BCUT2D eigenvalue weighted by atomic mass is 79.9. The maximum absolute atomic E-state index is 13.6. The van der Waals surface area contributed by atoms with Gasteiger partial charge < -0.3 is 5.32 Å². The molecule has 2 aromatic rings. The third-order valence-corrected chi connectivity index (χ3v) is 3.38. The zero-order valence-corrected chi connectivity index (χ0v) is 11.9. The van der Waals surface area contributed by atoms with Crippen LogP contribution in [0.25, 0.3) is 0 Å². The van der Waals surface area contributed by atoms with Crippen molar-refractivity contribution >= 4 is 15.9 Å². The van der Waals surface area contributed by atoms with E-state index in [0.29, 0.717) is 12.0 Å². The van der Waals surface area contributed by atoms with Crippen molar-refractivity contribution in [2.45, 2.75) is 12.5 Å². The molecule has 100 valence electrons. The summed E-state index contributed by atoms with van der Waals surface area (Å²) in [6.07, 6.45) is 2.02. The van der Waals surface area contributed by atoms with Gasteiger partial charge in [-0.25, -0.2) is 8.78 Å². The number of benzene rings is 1. The molecule has 1 aromatic heterocycles. The van der Waals surface area contributed by atoms with Gasteiger partial charge in [0.1, 0.15) is 0 Å². The molecule has 1 aromatic carbocycles. The molecule has 1 N–H and O–H groups in total. The van der Waals surface area contributed by atoms with Gasteiger partial charge >= 0.3 is 0 Å². The van der Waals surface area contributed by atoms with Crippen molar-refractivity contribution < 1.29 is 8.78 Å².